The fourth-order valence-corrected chi connectivity index (χ4v) is 2.35. The fraction of sp³-hybridized carbons (Fsp3) is 0.444. The van der Waals surface area contributed by atoms with Crippen LogP contribution >= 0.6 is 0 Å². The normalized spacial score (nSPS) is 12.4. The van der Waals surface area contributed by atoms with Crippen molar-refractivity contribution in [3.05, 3.63) is 35.9 Å². The maximum Gasteiger partial charge on any atom is 0.328 e. The van der Waals surface area contributed by atoms with Crippen LogP contribution in [-0.2, 0) is 25.5 Å². The second kappa shape index (κ2) is 10.8. The van der Waals surface area contributed by atoms with Gasteiger partial charge < -0.3 is 15.4 Å². The average molecular weight is 345 g/mol. The first kappa shape index (κ1) is 20.2. The Kier molecular flexibility index (Phi) is 8.72. The van der Waals surface area contributed by atoms with E-state index in [9.17, 15) is 14.4 Å². The Labute approximate surface area is 147 Å². The summed E-state index contributed by atoms with van der Waals surface area (Å²) >= 11 is 0. The van der Waals surface area contributed by atoms with Gasteiger partial charge in [-0.2, -0.15) is 5.26 Å². The minimum atomic E-state index is -0.849. The summed E-state index contributed by atoms with van der Waals surface area (Å²) in [5.41, 5.74) is 0.885. The Morgan fingerprint density at radius 3 is 2.40 bits per heavy atom. The molecular formula is C18H23N3O4. The van der Waals surface area contributed by atoms with Crippen molar-refractivity contribution in [1.82, 2.24) is 10.6 Å². The van der Waals surface area contributed by atoms with E-state index in [0.717, 1.165) is 5.56 Å². The lowest BCUT2D eigenvalue weighted by molar-refractivity contribution is -0.145. The third-order valence-corrected chi connectivity index (χ3v) is 3.56. The average Bonchev–Trinajstić information content (AvgIpc) is 2.60. The zero-order chi connectivity index (χ0) is 18.7. The molecule has 0 fully saturated rings. The predicted octanol–water partition coefficient (Wildman–Crippen LogP) is 1.09. The van der Waals surface area contributed by atoms with Gasteiger partial charge in [0.2, 0.25) is 11.8 Å². The van der Waals surface area contributed by atoms with Crippen molar-refractivity contribution < 1.29 is 19.1 Å². The molecule has 2 atom stereocenters. The number of amides is 2. The van der Waals surface area contributed by atoms with Gasteiger partial charge in [0.05, 0.1) is 13.2 Å². The molecule has 1 aromatic carbocycles. The van der Waals surface area contributed by atoms with Crippen molar-refractivity contribution in [1.29, 1.82) is 5.26 Å². The molecule has 0 unspecified atom stereocenters. The molecule has 0 aliphatic heterocycles. The van der Waals surface area contributed by atoms with E-state index in [2.05, 4.69) is 10.6 Å². The maximum atomic E-state index is 12.5. The Hall–Kier alpha value is -2.88. The minimum Gasteiger partial charge on any atom is -0.467 e. The summed E-state index contributed by atoms with van der Waals surface area (Å²) in [6.45, 7) is 1.33. The lowest BCUT2D eigenvalue weighted by Crippen LogP contribution is -2.52. The molecule has 1 rings (SSSR count). The van der Waals surface area contributed by atoms with Gasteiger partial charge in [-0.3, -0.25) is 9.59 Å². The summed E-state index contributed by atoms with van der Waals surface area (Å²) in [6.07, 6.45) is 1.34. The number of nitrogens with one attached hydrogen (secondary N) is 2. The molecule has 25 heavy (non-hydrogen) atoms. The molecule has 0 spiro atoms. The van der Waals surface area contributed by atoms with E-state index in [1.165, 1.54) is 14.0 Å². The number of ether oxygens (including phenoxy) is 1. The molecule has 0 aliphatic rings. The molecule has 1 aromatic rings. The van der Waals surface area contributed by atoms with Crippen LogP contribution in [0.2, 0.25) is 0 Å². The number of rotatable bonds is 9. The number of unbranched alkanes of at least 4 members (excludes halogenated alkanes) is 1. The van der Waals surface area contributed by atoms with Crippen LogP contribution in [-0.4, -0.2) is 37.0 Å². The molecule has 0 heterocycles. The Morgan fingerprint density at radius 2 is 1.84 bits per heavy atom. The van der Waals surface area contributed by atoms with Crippen molar-refractivity contribution >= 4 is 17.8 Å². The van der Waals surface area contributed by atoms with Gasteiger partial charge in [0, 0.05) is 19.8 Å². The van der Waals surface area contributed by atoms with E-state index in [1.807, 2.05) is 36.4 Å². The highest BCUT2D eigenvalue weighted by atomic mass is 16.5. The van der Waals surface area contributed by atoms with Gasteiger partial charge in [-0.1, -0.05) is 30.3 Å². The van der Waals surface area contributed by atoms with E-state index in [-0.39, 0.29) is 12.3 Å². The highest BCUT2D eigenvalue weighted by molar-refractivity contribution is 5.90. The van der Waals surface area contributed by atoms with Crippen LogP contribution in [0.25, 0.3) is 0 Å². The van der Waals surface area contributed by atoms with Gasteiger partial charge in [0.1, 0.15) is 12.1 Å². The van der Waals surface area contributed by atoms with Crippen LogP contribution in [0.5, 0.6) is 0 Å². The standard InChI is InChI=1S/C18H23N3O4/c1-13(22)20-16(12-14-8-4-3-5-9-14)17(23)21-15(18(24)25-2)10-6-7-11-19/h3-5,8-9,15-16H,6-7,10,12H2,1-2H3,(H,20,22)(H,21,23)/t15-,16-/m0/s1. The van der Waals surface area contributed by atoms with E-state index < -0.39 is 24.0 Å². The van der Waals surface area contributed by atoms with Gasteiger partial charge in [0.15, 0.2) is 0 Å². The first-order valence-corrected chi connectivity index (χ1v) is 8.04. The van der Waals surface area contributed by atoms with Crippen LogP contribution in [0.1, 0.15) is 31.7 Å². The molecule has 2 amide bonds. The van der Waals surface area contributed by atoms with Crippen molar-refractivity contribution in [3.8, 4) is 6.07 Å². The first-order valence-electron chi connectivity index (χ1n) is 8.04. The number of hydrogen-bond acceptors (Lipinski definition) is 5. The molecular weight excluding hydrogens is 322 g/mol. The summed E-state index contributed by atoms with van der Waals surface area (Å²) in [5.74, 6) is -1.38. The first-order chi connectivity index (χ1) is 12.0. The second-order valence-electron chi connectivity index (χ2n) is 5.58. The molecule has 0 saturated heterocycles. The molecule has 0 radical (unpaired) electrons. The van der Waals surface area contributed by atoms with Crippen molar-refractivity contribution in [2.75, 3.05) is 7.11 Å². The lowest BCUT2D eigenvalue weighted by atomic mass is 10.0. The second-order valence-corrected chi connectivity index (χ2v) is 5.58. The van der Waals surface area contributed by atoms with Crippen molar-refractivity contribution in [2.24, 2.45) is 0 Å². The SMILES string of the molecule is COC(=O)[C@H](CCCC#N)NC(=O)[C@H](Cc1ccccc1)NC(C)=O. The number of nitriles is 1. The van der Waals surface area contributed by atoms with E-state index in [1.54, 1.807) is 0 Å². The van der Waals surface area contributed by atoms with E-state index in [4.69, 9.17) is 10.00 Å². The lowest BCUT2D eigenvalue weighted by Gasteiger charge is -2.22. The quantitative estimate of drug-likeness (QED) is 0.514. The zero-order valence-electron chi connectivity index (χ0n) is 14.5. The number of esters is 1. The number of carbonyl (C=O) groups excluding carboxylic acids is 3. The highest BCUT2D eigenvalue weighted by Gasteiger charge is 2.26. The van der Waals surface area contributed by atoms with Crippen LogP contribution in [0.15, 0.2) is 30.3 Å². The summed E-state index contributed by atoms with van der Waals surface area (Å²) in [5, 5.41) is 13.8. The number of hydrogen-bond donors (Lipinski definition) is 2. The number of carbonyl (C=O) groups is 3. The Bertz CT molecular complexity index is 625. The van der Waals surface area contributed by atoms with Gasteiger partial charge in [0.25, 0.3) is 0 Å². The van der Waals surface area contributed by atoms with Gasteiger partial charge >= 0.3 is 5.97 Å². The molecule has 2 N–H and O–H groups in total. The number of benzene rings is 1. The van der Waals surface area contributed by atoms with Crippen molar-refractivity contribution in [3.63, 3.8) is 0 Å². The van der Waals surface area contributed by atoms with Crippen LogP contribution in [0.4, 0.5) is 0 Å². The minimum absolute atomic E-state index is 0.280. The smallest absolute Gasteiger partial charge is 0.328 e. The summed E-state index contributed by atoms with van der Waals surface area (Å²) < 4.78 is 4.70. The van der Waals surface area contributed by atoms with E-state index >= 15 is 0 Å². The van der Waals surface area contributed by atoms with E-state index in [0.29, 0.717) is 19.3 Å². The topological polar surface area (TPSA) is 108 Å². The maximum absolute atomic E-state index is 12.5. The summed E-state index contributed by atoms with van der Waals surface area (Å²) in [7, 11) is 1.24. The number of methoxy groups -OCH3 is 1. The fourth-order valence-electron chi connectivity index (χ4n) is 2.35. The third-order valence-electron chi connectivity index (χ3n) is 3.56. The van der Waals surface area contributed by atoms with Crippen molar-refractivity contribution in [2.45, 2.75) is 44.7 Å². The molecule has 7 nitrogen and oxygen atoms in total. The number of nitrogens with zero attached hydrogens (tertiary/aromatic N) is 1. The zero-order valence-corrected chi connectivity index (χ0v) is 14.5. The molecule has 134 valence electrons. The predicted molar refractivity (Wildman–Crippen MR) is 91.2 cm³/mol. The highest BCUT2D eigenvalue weighted by Crippen LogP contribution is 2.07. The van der Waals surface area contributed by atoms with Crippen LogP contribution < -0.4 is 10.6 Å². The molecule has 0 bridgehead atoms. The summed E-state index contributed by atoms with van der Waals surface area (Å²) in [4.78, 5) is 35.8. The Balaban J connectivity index is 2.81. The summed E-state index contributed by atoms with van der Waals surface area (Å²) in [6, 6.07) is 9.60. The van der Waals surface area contributed by atoms with Crippen LogP contribution in [0.3, 0.4) is 0 Å². The molecule has 0 aliphatic carbocycles. The largest absolute Gasteiger partial charge is 0.467 e. The monoisotopic (exact) mass is 345 g/mol. The van der Waals surface area contributed by atoms with Gasteiger partial charge in [-0.05, 0) is 18.4 Å². The molecule has 7 heteroatoms. The molecule has 0 saturated carbocycles. The molecule has 0 aromatic heterocycles. The third kappa shape index (κ3) is 7.48. The van der Waals surface area contributed by atoms with Gasteiger partial charge in [-0.25, -0.2) is 4.79 Å². The Morgan fingerprint density at radius 1 is 1.16 bits per heavy atom. The van der Waals surface area contributed by atoms with Gasteiger partial charge in [-0.15, -0.1) is 0 Å². The van der Waals surface area contributed by atoms with Crippen LogP contribution in [0, 0.1) is 11.3 Å².